The van der Waals surface area contributed by atoms with Crippen LogP contribution in [0, 0.1) is 0 Å². The Hall–Kier alpha value is -2.36. The molecule has 0 saturated carbocycles. The minimum Gasteiger partial charge on any atom is -0.378 e. The summed E-state index contributed by atoms with van der Waals surface area (Å²) < 4.78 is 0. The third-order valence-electron chi connectivity index (χ3n) is 4.09. The van der Waals surface area contributed by atoms with Gasteiger partial charge in [0.1, 0.15) is 0 Å². The number of nitrogens with one attached hydrogen (secondary N) is 1. The highest BCUT2D eigenvalue weighted by molar-refractivity contribution is 5.95. The number of hydrogen-bond donors (Lipinski definition) is 1. The van der Waals surface area contributed by atoms with Gasteiger partial charge in [-0.3, -0.25) is 9.78 Å². The fourth-order valence-corrected chi connectivity index (χ4v) is 2.83. The first-order valence-corrected chi connectivity index (χ1v) is 7.80. The van der Waals surface area contributed by atoms with E-state index in [2.05, 4.69) is 17.2 Å². The predicted octanol–water partition coefficient (Wildman–Crippen LogP) is 3.49. The molecule has 22 heavy (non-hydrogen) atoms. The van der Waals surface area contributed by atoms with Crippen molar-refractivity contribution in [2.24, 2.45) is 0 Å². The minimum absolute atomic E-state index is 0.137. The molecular weight excluding hydrogens is 274 g/mol. The van der Waals surface area contributed by atoms with Gasteiger partial charge >= 0.3 is 0 Å². The average molecular weight is 295 g/mol. The van der Waals surface area contributed by atoms with E-state index in [0.29, 0.717) is 0 Å². The topological polar surface area (TPSA) is 45.2 Å². The molecular formula is C18H21N3O. The summed E-state index contributed by atoms with van der Waals surface area (Å²) in [5.74, 6) is 0.137. The molecule has 1 aliphatic rings. The van der Waals surface area contributed by atoms with Crippen LogP contribution in [0.25, 0.3) is 0 Å². The Kier molecular flexibility index (Phi) is 4.37. The molecule has 0 bridgehead atoms. The second-order valence-corrected chi connectivity index (χ2v) is 5.73. The lowest BCUT2D eigenvalue weighted by Crippen LogP contribution is -2.27. The molecule has 1 aromatic heterocycles. The van der Waals surface area contributed by atoms with E-state index in [1.54, 1.807) is 12.4 Å². The summed E-state index contributed by atoms with van der Waals surface area (Å²) >= 11 is 0. The van der Waals surface area contributed by atoms with Gasteiger partial charge in [-0.1, -0.05) is 6.07 Å². The lowest BCUT2D eigenvalue weighted by atomic mass is 10.1. The summed E-state index contributed by atoms with van der Waals surface area (Å²) in [5.41, 5.74) is 2.90. The van der Waals surface area contributed by atoms with Gasteiger partial charge in [-0.25, -0.2) is 0 Å². The highest BCUT2D eigenvalue weighted by Gasteiger charge is 2.19. The van der Waals surface area contributed by atoms with Crippen LogP contribution in [-0.4, -0.2) is 28.9 Å². The van der Waals surface area contributed by atoms with E-state index in [9.17, 15) is 4.79 Å². The molecule has 4 nitrogen and oxygen atoms in total. The molecule has 1 aliphatic heterocycles. The molecule has 4 heteroatoms. The van der Waals surface area contributed by atoms with Gasteiger partial charge in [0.25, 0.3) is 5.91 Å². The lowest BCUT2D eigenvalue weighted by Gasteiger charge is -2.18. The molecule has 1 fully saturated rings. The third-order valence-corrected chi connectivity index (χ3v) is 4.09. The van der Waals surface area contributed by atoms with Crippen LogP contribution in [0.15, 0.2) is 48.8 Å². The first-order valence-electron chi connectivity index (χ1n) is 7.80. The van der Waals surface area contributed by atoms with Crippen LogP contribution in [0.3, 0.4) is 0 Å². The Morgan fingerprint density at radius 3 is 2.64 bits per heavy atom. The zero-order valence-electron chi connectivity index (χ0n) is 12.8. The SMILES string of the molecule is C[C@@H](Nc1cccc(C(=O)N2CCCC2)c1)c1ccncc1. The van der Waals surface area contributed by atoms with E-state index < -0.39 is 0 Å². The molecule has 1 aromatic carbocycles. The van der Waals surface area contributed by atoms with Crippen LogP contribution in [-0.2, 0) is 0 Å². The number of anilines is 1. The van der Waals surface area contributed by atoms with Crippen LogP contribution < -0.4 is 5.32 Å². The van der Waals surface area contributed by atoms with Crippen molar-refractivity contribution in [3.8, 4) is 0 Å². The number of hydrogen-bond acceptors (Lipinski definition) is 3. The molecule has 1 N–H and O–H groups in total. The Balaban J connectivity index is 1.72. The highest BCUT2D eigenvalue weighted by Crippen LogP contribution is 2.21. The Morgan fingerprint density at radius 1 is 1.18 bits per heavy atom. The van der Waals surface area contributed by atoms with Gasteiger partial charge in [0.2, 0.25) is 0 Å². The van der Waals surface area contributed by atoms with Crippen molar-refractivity contribution < 1.29 is 4.79 Å². The Labute approximate surface area is 131 Å². The molecule has 0 spiro atoms. The first-order chi connectivity index (χ1) is 10.7. The normalized spacial score (nSPS) is 15.6. The number of carbonyl (C=O) groups excluding carboxylic acids is 1. The van der Waals surface area contributed by atoms with Gasteiger partial charge in [-0.05, 0) is 55.7 Å². The fraction of sp³-hybridized carbons (Fsp3) is 0.333. The molecule has 0 aliphatic carbocycles. The van der Waals surface area contributed by atoms with Crippen molar-refractivity contribution >= 4 is 11.6 Å². The average Bonchev–Trinajstić information content (AvgIpc) is 3.09. The number of aromatic nitrogens is 1. The summed E-state index contributed by atoms with van der Waals surface area (Å²) in [4.78, 5) is 18.4. The maximum atomic E-state index is 12.4. The van der Waals surface area contributed by atoms with Crippen molar-refractivity contribution in [3.63, 3.8) is 0 Å². The van der Waals surface area contributed by atoms with Gasteiger partial charge in [-0.2, -0.15) is 0 Å². The maximum Gasteiger partial charge on any atom is 0.253 e. The maximum absolute atomic E-state index is 12.4. The molecule has 1 atom stereocenters. The first kappa shape index (κ1) is 14.6. The number of benzene rings is 1. The molecule has 1 saturated heterocycles. The predicted molar refractivity (Wildman–Crippen MR) is 87.9 cm³/mol. The molecule has 2 heterocycles. The Bertz CT molecular complexity index is 636. The van der Waals surface area contributed by atoms with Gasteiger partial charge in [0.15, 0.2) is 0 Å². The van der Waals surface area contributed by atoms with Crippen LogP contribution in [0.5, 0.6) is 0 Å². The number of likely N-dealkylation sites (tertiary alicyclic amines) is 1. The zero-order chi connectivity index (χ0) is 15.4. The van der Waals surface area contributed by atoms with Crippen molar-refractivity contribution in [1.29, 1.82) is 0 Å². The summed E-state index contributed by atoms with van der Waals surface area (Å²) in [6.45, 7) is 3.86. The van der Waals surface area contributed by atoms with Gasteiger partial charge in [-0.15, -0.1) is 0 Å². The van der Waals surface area contributed by atoms with Crippen molar-refractivity contribution in [3.05, 3.63) is 59.9 Å². The van der Waals surface area contributed by atoms with Crippen LogP contribution in [0.1, 0.15) is 41.7 Å². The number of rotatable bonds is 4. The van der Waals surface area contributed by atoms with Gasteiger partial charge in [0, 0.05) is 42.8 Å². The minimum atomic E-state index is 0.137. The zero-order valence-corrected chi connectivity index (χ0v) is 12.8. The van der Waals surface area contributed by atoms with E-state index in [0.717, 1.165) is 37.2 Å². The summed E-state index contributed by atoms with van der Waals surface area (Å²) in [6, 6.07) is 11.9. The van der Waals surface area contributed by atoms with Crippen molar-refractivity contribution in [1.82, 2.24) is 9.88 Å². The van der Waals surface area contributed by atoms with E-state index in [4.69, 9.17) is 0 Å². The van der Waals surface area contributed by atoms with Crippen LogP contribution in [0.2, 0.25) is 0 Å². The standard InChI is InChI=1S/C18H21N3O/c1-14(15-7-9-19-10-8-15)20-17-6-4-5-16(13-17)18(22)21-11-2-3-12-21/h4-10,13-14,20H,2-3,11-12H2,1H3/t14-/m1/s1. The van der Waals surface area contributed by atoms with Gasteiger partial charge < -0.3 is 10.2 Å². The van der Waals surface area contributed by atoms with E-state index >= 15 is 0 Å². The number of amides is 1. The summed E-state index contributed by atoms with van der Waals surface area (Å²) in [6.07, 6.45) is 5.81. The lowest BCUT2D eigenvalue weighted by molar-refractivity contribution is 0.0793. The molecule has 3 rings (SSSR count). The van der Waals surface area contributed by atoms with E-state index in [-0.39, 0.29) is 11.9 Å². The fourth-order valence-electron chi connectivity index (χ4n) is 2.83. The molecule has 1 amide bonds. The van der Waals surface area contributed by atoms with Crippen molar-refractivity contribution in [2.75, 3.05) is 18.4 Å². The highest BCUT2D eigenvalue weighted by atomic mass is 16.2. The monoisotopic (exact) mass is 295 g/mol. The van der Waals surface area contributed by atoms with E-state index in [1.807, 2.05) is 41.3 Å². The Morgan fingerprint density at radius 2 is 1.91 bits per heavy atom. The van der Waals surface area contributed by atoms with E-state index in [1.165, 1.54) is 5.56 Å². The number of pyridine rings is 1. The molecule has 0 radical (unpaired) electrons. The second-order valence-electron chi connectivity index (χ2n) is 5.73. The molecule has 0 unspecified atom stereocenters. The third kappa shape index (κ3) is 3.27. The largest absolute Gasteiger partial charge is 0.378 e. The van der Waals surface area contributed by atoms with Crippen LogP contribution >= 0.6 is 0 Å². The van der Waals surface area contributed by atoms with Crippen LogP contribution in [0.4, 0.5) is 5.69 Å². The quantitative estimate of drug-likeness (QED) is 0.939. The summed E-state index contributed by atoms with van der Waals surface area (Å²) in [5, 5.41) is 3.45. The number of nitrogens with zero attached hydrogens (tertiary/aromatic N) is 2. The number of carbonyl (C=O) groups is 1. The second kappa shape index (κ2) is 6.60. The van der Waals surface area contributed by atoms with Gasteiger partial charge in [0.05, 0.1) is 0 Å². The molecule has 2 aromatic rings. The molecule has 114 valence electrons. The smallest absolute Gasteiger partial charge is 0.253 e. The summed E-state index contributed by atoms with van der Waals surface area (Å²) in [7, 11) is 0. The van der Waals surface area contributed by atoms with Crippen molar-refractivity contribution in [2.45, 2.75) is 25.8 Å².